The zero-order valence-corrected chi connectivity index (χ0v) is 22.4. The van der Waals surface area contributed by atoms with Gasteiger partial charge in [0.05, 0.1) is 13.0 Å². The van der Waals surface area contributed by atoms with Crippen molar-refractivity contribution in [1.29, 1.82) is 0 Å². The van der Waals surface area contributed by atoms with Crippen LogP contribution in [-0.2, 0) is 19.0 Å². The van der Waals surface area contributed by atoms with E-state index in [0.29, 0.717) is 25.7 Å². The Bertz CT molecular complexity index is 1160. The molecule has 2 heterocycles. The highest BCUT2D eigenvalue weighted by molar-refractivity contribution is 5.79. The summed E-state index contributed by atoms with van der Waals surface area (Å²) < 4.78 is 16.4. The summed E-state index contributed by atoms with van der Waals surface area (Å²) in [6.07, 6.45) is 1.14. The van der Waals surface area contributed by atoms with E-state index in [4.69, 9.17) is 14.2 Å². The molecule has 2 unspecified atom stereocenters. The first-order valence-electron chi connectivity index (χ1n) is 13.3. The van der Waals surface area contributed by atoms with Crippen LogP contribution in [0.1, 0.15) is 63.5 Å². The van der Waals surface area contributed by atoms with E-state index in [1.807, 2.05) is 45.0 Å². The molecule has 38 heavy (non-hydrogen) atoms. The third kappa shape index (κ3) is 5.22. The number of methoxy groups -OCH3 is 1. The topological polar surface area (TPSA) is 94.2 Å². The van der Waals surface area contributed by atoms with Gasteiger partial charge in [-0.3, -0.25) is 4.79 Å². The average molecular weight is 521 g/mol. The number of carbonyl (C=O) groups excluding carboxylic acids is 3. The minimum atomic E-state index is -0.599. The van der Waals surface area contributed by atoms with Crippen LogP contribution in [0, 0.1) is 5.92 Å². The predicted molar refractivity (Wildman–Crippen MR) is 142 cm³/mol. The number of hydrogen-bond donors (Lipinski definition) is 1. The fourth-order valence-corrected chi connectivity index (χ4v) is 6.37. The quantitative estimate of drug-likeness (QED) is 0.437. The third-order valence-corrected chi connectivity index (χ3v) is 7.82. The van der Waals surface area contributed by atoms with E-state index >= 15 is 0 Å². The molecule has 0 spiro atoms. The number of piperidine rings is 2. The molecule has 8 heteroatoms. The largest absolute Gasteiger partial charge is 0.469 e. The Balaban J connectivity index is 1.30. The van der Waals surface area contributed by atoms with Gasteiger partial charge in [-0.25, -0.2) is 9.59 Å². The second-order valence-corrected chi connectivity index (χ2v) is 11.5. The van der Waals surface area contributed by atoms with Gasteiger partial charge in [-0.15, -0.1) is 0 Å². The van der Waals surface area contributed by atoms with Crippen molar-refractivity contribution in [2.24, 2.45) is 5.92 Å². The molecule has 0 saturated carbocycles. The first kappa shape index (κ1) is 26.1. The fourth-order valence-electron chi connectivity index (χ4n) is 6.37. The van der Waals surface area contributed by atoms with Crippen molar-refractivity contribution >= 4 is 18.2 Å². The number of alkyl carbamates (subject to hydrolysis) is 1. The second-order valence-electron chi connectivity index (χ2n) is 11.5. The summed E-state index contributed by atoms with van der Waals surface area (Å²) in [7, 11) is 1.39. The first-order valence-corrected chi connectivity index (χ1v) is 13.3. The van der Waals surface area contributed by atoms with Crippen LogP contribution < -0.4 is 5.32 Å². The highest BCUT2D eigenvalue weighted by atomic mass is 16.6. The van der Waals surface area contributed by atoms with Gasteiger partial charge in [0.15, 0.2) is 0 Å². The van der Waals surface area contributed by atoms with Crippen molar-refractivity contribution < 1.29 is 28.6 Å². The number of carbonyl (C=O) groups is 3. The van der Waals surface area contributed by atoms with Crippen LogP contribution >= 0.6 is 0 Å². The molecule has 2 atom stereocenters. The number of ether oxygens (including phenoxy) is 3. The van der Waals surface area contributed by atoms with Crippen LogP contribution in [0.3, 0.4) is 0 Å². The lowest BCUT2D eigenvalue weighted by molar-refractivity contribution is -0.149. The van der Waals surface area contributed by atoms with Crippen LogP contribution in [0.4, 0.5) is 9.59 Å². The molecule has 2 amide bonds. The predicted octanol–water partition coefficient (Wildman–Crippen LogP) is 5.24. The SMILES string of the molecule is COC(=O)C1CC2CC(NC(=O)OC(C)(C)C)CC(C1)N2C(=O)OCC1c2ccccc2-c2ccccc21. The van der Waals surface area contributed by atoms with Gasteiger partial charge in [-0.1, -0.05) is 48.5 Å². The summed E-state index contributed by atoms with van der Waals surface area (Å²) in [6.45, 7) is 5.70. The van der Waals surface area contributed by atoms with E-state index < -0.39 is 11.7 Å². The van der Waals surface area contributed by atoms with Crippen molar-refractivity contribution in [3.63, 3.8) is 0 Å². The zero-order valence-electron chi connectivity index (χ0n) is 22.4. The molecule has 2 bridgehead atoms. The molecule has 2 aliphatic heterocycles. The Morgan fingerprint density at radius 1 is 0.895 bits per heavy atom. The molecule has 2 aromatic carbocycles. The van der Waals surface area contributed by atoms with Gasteiger partial charge in [-0.2, -0.15) is 0 Å². The lowest BCUT2D eigenvalue weighted by atomic mass is 9.76. The van der Waals surface area contributed by atoms with Crippen LogP contribution in [0.5, 0.6) is 0 Å². The molecule has 2 saturated heterocycles. The molecule has 8 nitrogen and oxygen atoms in total. The van der Waals surface area contributed by atoms with E-state index in [0.717, 1.165) is 11.1 Å². The van der Waals surface area contributed by atoms with Gasteiger partial charge in [-0.05, 0) is 68.7 Å². The van der Waals surface area contributed by atoms with Crippen molar-refractivity contribution in [2.45, 2.75) is 76.1 Å². The summed E-state index contributed by atoms with van der Waals surface area (Å²) in [5.41, 5.74) is 4.07. The van der Waals surface area contributed by atoms with E-state index in [1.54, 1.807) is 4.90 Å². The second kappa shape index (κ2) is 10.3. The fraction of sp³-hybridized carbons (Fsp3) is 0.500. The van der Waals surface area contributed by atoms with Crippen LogP contribution in [0.25, 0.3) is 11.1 Å². The summed E-state index contributed by atoms with van der Waals surface area (Å²) in [5, 5.41) is 2.96. The maximum atomic E-state index is 13.5. The van der Waals surface area contributed by atoms with Gasteiger partial charge in [0.25, 0.3) is 0 Å². The number of hydrogen-bond acceptors (Lipinski definition) is 6. The van der Waals surface area contributed by atoms with Crippen LogP contribution in [0.15, 0.2) is 48.5 Å². The standard InChI is InChI=1S/C30H36N2O6/c1-30(2,3)38-28(34)31-19-15-20-13-18(27(33)36-4)14-21(16-19)32(20)29(35)37-17-26-24-11-7-5-9-22(24)23-10-6-8-12-25(23)26/h5-12,18-21,26H,13-17H2,1-4H3,(H,31,34). The number of rotatable bonds is 4. The van der Waals surface area contributed by atoms with Gasteiger partial charge in [0.2, 0.25) is 0 Å². The highest BCUT2D eigenvalue weighted by Crippen LogP contribution is 2.45. The Hall–Kier alpha value is -3.55. The molecule has 2 fully saturated rings. The lowest BCUT2D eigenvalue weighted by Gasteiger charge is -2.49. The van der Waals surface area contributed by atoms with Gasteiger partial charge in [0, 0.05) is 24.0 Å². The minimum Gasteiger partial charge on any atom is -0.469 e. The number of benzene rings is 2. The maximum absolute atomic E-state index is 13.5. The van der Waals surface area contributed by atoms with Gasteiger partial charge >= 0.3 is 18.2 Å². The molecule has 5 rings (SSSR count). The molecule has 0 aromatic heterocycles. The summed E-state index contributed by atoms with van der Waals surface area (Å²) in [5.74, 6) is -0.568. The number of esters is 1. The molecular formula is C30H36N2O6. The van der Waals surface area contributed by atoms with E-state index in [-0.39, 0.29) is 48.6 Å². The van der Waals surface area contributed by atoms with Gasteiger partial charge < -0.3 is 24.4 Å². The summed E-state index contributed by atoms with van der Waals surface area (Å²) in [6, 6.07) is 15.8. The molecule has 202 valence electrons. The van der Waals surface area contributed by atoms with E-state index in [2.05, 4.69) is 29.6 Å². The van der Waals surface area contributed by atoms with Crippen molar-refractivity contribution in [3.05, 3.63) is 59.7 Å². The third-order valence-electron chi connectivity index (χ3n) is 7.82. The van der Waals surface area contributed by atoms with Crippen LogP contribution in [-0.4, -0.2) is 60.5 Å². The van der Waals surface area contributed by atoms with Crippen molar-refractivity contribution in [1.82, 2.24) is 10.2 Å². The Labute approximate surface area is 223 Å². The summed E-state index contributed by atoms with van der Waals surface area (Å²) >= 11 is 0. The average Bonchev–Trinajstić information content (AvgIpc) is 3.18. The first-order chi connectivity index (χ1) is 18.1. The monoisotopic (exact) mass is 520 g/mol. The van der Waals surface area contributed by atoms with Crippen molar-refractivity contribution in [2.75, 3.05) is 13.7 Å². The number of fused-ring (bicyclic) bond motifs is 5. The van der Waals surface area contributed by atoms with E-state index in [9.17, 15) is 14.4 Å². The number of nitrogens with zero attached hydrogens (tertiary/aromatic N) is 1. The summed E-state index contributed by atoms with van der Waals surface area (Å²) in [4.78, 5) is 40.1. The molecule has 2 aromatic rings. The number of nitrogens with one attached hydrogen (secondary N) is 1. The smallest absolute Gasteiger partial charge is 0.410 e. The molecular weight excluding hydrogens is 484 g/mol. The lowest BCUT2D eigenvalue weighted by Crippen LogP contribution is -2.61. The van der Waals surface area contributed by atoms with E-state index in [1.165, 1.54) is 18.2 Å². The zero-order chi connectivity index (χ0) is 27.0. The number of amides is 2. The van der Waals surface area contributed by atoms with Crippen LogP contribution in [0.2, 0.25) is 0 Å². The molecule has 3 aliphatic rings. The minimum absolute atomic E-state index is 0.0274. The maximum Gasteiger partial charge on any atom is 0.410 e. The highest BCUT2D eigenvalue weighted by Gasteiger charge is 2.47. The molecule has 1 aliphatic carbocycles. The molecule has 0 radical (unpaired) electrons. The molecule has 1 N–H and O–H groups in total. The Kier molecular flexibility index (Phi) is 7.07. The Morgan fingerprint density at radius 2 is 1.45 bits per heavy atom. The van der Waals surface area contributed by atoms with Crippen molar-refractivity contribution in [3.8, 4) is 11.1 Å². The van der Waals surface area contributed by atoms with Gasteiger partial charge in [0.1, 0.15) is 12.2 Å². The normalized spacial score (nSPS) is 24.2. The Morgan fingerprint density at radius 3 is 1.97 bits per heavy atom.